The number of ether oxygens (including phenoxy) is 1. The maximum Gasteiger partial charge on any atom is 0.344 e. The summed E-state index contributed by atoms with van der Waals surface area (Å²) in [5.41, 5.74) is 1.29. The van der Waals surface area contributed by atoms with E-state index in [-0.39, 0.29) is 25.2 Å². The topological polar surface area (TPSA) is 80.0 Å². The lowest BCUT2D eigenvalue weighted by molar-refractivity contribution is -0.134. The summed E-state index contributed by atoms with van der Waals surface area (Å²) >= 11 is 0. The molecule has 6 nitrogen and oxygen atoms in total. The number of aliphatic hydroxyl groups excluding tert-OH is 1. The van der Waals surface area contributed by atoms with Gasteiger partial charge in [0.05, 0.1) is 18.2 Å². The molecule has 1 N–H and O–H groups in total. The number of nitrogens with zero attached hydrogens (tertiary/aromatic N) is 1. The Kier molecular flexibility index (Phi) is 5.12. The molecule has 6 heteroatoms. The van der Waals surface area contributed by atoms with Crippen molar-refractivity contribution in [2.24, 2.45) is 0 Å². The van der Waals surface area contributed by atoms with Gasteiger partial charge < -0.3 is 19.2 Å². The minimum atomic E-state index is -0.421. The second kappa shape index (κ2) is 7.86. The molecule has 3 aromatic rings. The van der Waals surface area contributed by atoms with Gasteiger partial charge in [-0.3, -0.25) is 4.79 Å². The number of hydrogen-bond acceptors (Lipinski definition) is 5. The number of benzene rings is 2. The first-order valence-electron chi connectivity index (χ1n) is 9.32. The fourth-order valence-electron chi connectivity index (χ4n) is 3.58. The van der Waals surface area contributed by atoms with Crippen LogP contribution >= 0.6 is 0 Å². The number of rotatable bonds is 5. The maximum absolute atomic E-state index is 12.4. The second-order valence-electron chi connectivity index (χ2n) is 6.87. The number of fused-ring (bicyclic) bond motifs is 1. The number of amides is 1. The van der Waals surface area contributed by atoms with Gasteiger partial charge >= 0.3 is 5.63 Å². The molecule has 4 rings (SSSR count). The number of hydrogen-bond donors (Lipinski definition) is 1. The minimum absolute atomic E-state index is 0.0311. The molecule has 2 heterocycles. The summed E-state index contributed by atoms with van der Waals surface area (Å²) in [5, 5.41) is 10.1. The normalized spacial score (nSPS) is 16.5. The first-order chi connectivity index (χ1) is 13.7. The molecule has 1 atom stereocenters. The zero-order chi connectivity index (χ0) is 19.5. The van der Waals surface area contributed by atoms with Gasteiger partial charge in [-0.25, -0.2) is 4.79 Å². The highest BCUT2D eigenvalue weighted by Crippen LogP contribution is 2.24. The molecule has 2 aromatic carbocycles. The maximum atomic E-state index is 12.4. The molecule has 0 saturated carbocycles. The minimum Gasteiger partial charge on any atom is -0.484 e. The summed E-state index contributed by atoms with van der Waals surface area (Å²) in [7, 11) is 0. The lowest BCUT2D eigenvalue weighted by Crippen LogP contribution is -2.40. The van der Waals surface area contributed by atoms with Crippen molar-refractivity contribution in [1.29, 1.82) is 0 Å². The van der Waals surface area contributed by atoms with E-state index < -0.39 is 5.63 Å². The van der Waals surface area contributed by atoms with E-state index in [0.717, 1.165) is 23.8 Å². The Labute approximate surface area is 162 Å². The number of aliphatic hydroxyl groups is 1. The van der Waals surface area contributed by atoms with E-state index in [1.54, 1.807) is 29.2 Å². The summed E-state index contributed by atoms with van der Waals surface area (Å²) in [4.78, 5) is 26.3. The molecular formula is C22H21NO5. The van der Waals surface area contributed by atoms with Gasteiger partial charge in [0.25, 0.3) is 5.91 Å². The summed E-state index contributed by atoms with van der Waals surface area (Å²) < 4.78 is 11.1. The fraction of sp³-hybridized carbons (Fsp3) is 0.273. The highest BCUT2D eigenvalue weighted by Gasteiger charge is 2.28. The molecule has 1 aliphatic heterocycles. The monoisotopic (exact) mass is 379 g/mol. The smallest absolute Gasteiger partial charge is 0.344 e. The molecule has 0 aliphatic carbocycles. The van der Waals surface area contributed by atoms with Gasteiger partial charge in [-0.05, 0) is 36.6 Å². The molecule has 144 valence electrons. The summed E-state index contributed by atoms with van der Waals surface area (Å²) in [6.07, 6.45) is 1.70. The van der Waals surface area contributed by atoms with E-state index in [2.05, 4.69) is 0 Å². The Bertz CT molecular complexity index is 1040. The first-order valence-corrected chi connectivity index (χ1v) is 9.32. The fourth-order valence-corrected chi connectivity index (χ4v) is 3.58. The number of carbonyl (C=O) groups excluding carboxylic acids is 1. The van der Waals surface area contributed by atoms with Crippen LogP contribution in [-0.4, -0.2) is 41.7 Å². The van der Waals surface area contributed by atoms with Crippen molar-refractivity contribution in [3.05, 3.63) is 65.0 Å². The number of carbonyl (C=O) groups is 1. The summed E-state index contributed by atoms with van der Waals surface area (Å²) in [6.45, 7) is 0.493. The molecule has 1 aromatic heterocycles. The Morgan fingerprint density at radius 3 is 2.79 bits per heavy atom. The van der Waals surface area contributed by atoms with Gasteiger partial charge in [0.2, 0.25) is 0 Å². The van der Waals surface area contributed by atoms with E-state index in [1.807, 2.05) is 30.3 Å². The van der Waals surface area contributed by atoms with Crippen molar-refractivity contribution >= 4 is 16.9 Å². The van der Waals surface area contributed by atoms with Crippen LogP contribution in [0.15, 0.2) is 63.8 Å². The van der Waals surface area contributed by atoms with E-state index in [1.165, 1.54) is 0 Å². The summed E-state index contributed by atoms with van der Waals surface area (Å²) in [5.74, 6) is 0.300. The SMILES string of the molecule is O=C(COc1ccc2cc(-c3ccccc3)c(=O)oc2c1)N1CCC[C@@H]1CO. The Morgan fingerprint density at radius 2 is 2.00 bits per heavy atom. The lowest BCUT2D eigenvalue weighted by atomic mass is 10.1. The third-order valence-electron chi connectivity index (χ3n) is 5.06. The van der Waals surface area contributed by atoms with Crippen LogP contribution in [0.3, 0.4) is 0 Å². The highest BCUT2D eigenvalue weighted by atomic mass is 16.5. The standard InChI is InChI=1S/C22H21NO5/c24-13-17-7-4-10-23(17)21(25)14-27-18-9-8-16-11-19(15-5-2-1-3-6-15)22(26)28-20(16)12-18/h1-3,5-6,8-9,11-12,17,24H,4,7,10,13-14H2/t17-/m1/s1. The molecule has 28 heavy (non-hydrogen) atoms. The average Bonchev–Trinajstić information content (AvgIpc) is 3.21. The van der Waals surface area contributed by atoms with Gasteiger partial charge in [0, 0.05) is 18.0 Å². The Balaban J connectivity index is 1.52. The van der Waals surface area contributed by atoms with Crippen molar-refractivity contribution in [3.63, 3.8) is 0 Å². The van der Waals surface area contributed by atoms with Crippen LogP contribution in [0.1, 0.15) is 12.8 Å². The predicted octanol–water partition coefficient (Wildman–Crippen LogP) is 2.82. The molecule has 1 aliphatic rings. The van der Waals surface area contributed by atoms with Crippen molar-refractivity contribution < 1.29 is 19.1 Å². The van der Waals surface area contributed by atoms with Crippen molar-refractivity contribution in [2.45, 2.75) is 18.9 Å². The van der Waals surface area contributed by atoms with Crippen molar-refractivity contribution in [2.75, 3.05) is 19.8 Å². The van der Waals surface area contributed by atoms with Crippen LogP contribution in [0, 0.1) is 0 Å². The van der Waals surface area contributed by atoms with E-state index in [0.29, 0.717) is 23.4 Å². The van der Waals surface area contributed by atoms with Crippen molar-refractivity contribution in [1.82, 2.24) is 4.90 Å². The Hall–Kier alpha value is -3.12. The van der Waals surface area contributed by atoms with E-state index in [4.69, 9.17) is 9.15 Å². The zero-order valence-corrected chi connectivity index (χ0v) is 15.3. The predicted molar refractivity (Wildman–Crippen MR) is 105 cm³/mol. The average molecular weight is 379 g/mol. The van der Waals surface area contributed by atoms with Crippen LogP contribution < -0.4 is 10.4 Å². The van der Waals surface area contributed by atoms with Crippen LogP contribution in [0.2, 0.25) is 0 Å². The van der Waals surface area contributed by atoms with E-state index in [9.17, 15) is 14.7 Å². The first kappa shape index (κ1) is 18.3. The lowest BCUT2D eigenvalue weighted by Gasteiger charge is -2.22. The van der Waals surface area contributed by atoms with Gasteiger partial charge in [-0.1, -0.05) is 30.3 Å². The highest BCUT2D eigenvalue weighted by molar-refractivity contribution is 5.83. The van der Waals surface area contributed by atoms with Crippen LogP contribution in [-0.2, 0) is 4.79 Å². The zero-order valence-electron chi connectivity index (χ0n) is 15.3. The Morgan fingerprint density at radius 1 is 1.18 bits per heavy atom. The van der Waals surface area contributed by atoms with Gasteiger partial charge in [-0.2, -0.15) is 0 Å². The van der Waals surface area contributed by atoms with Gasteiger partial charge in [0.1, 0.15) is 11.3 Å². The molecular weight excluding hydrogens is 358 g/mol. The van der Waals surface area contributed by atoms with Crippen molar-refractivity contribution in [3.8, 4) is 16.9 Å². The van der Waals surface area contributed by atoms with Gasteiger partial charge in [0.15, 0.2) is 6.61 Å². The van der Waals surface area contributed by atoms with Crippen LogP contribution in [0.4, 0.5) is 0 Å². The third kappa shape index (κ3) is 3.64. The third-order valence-corrected chi connectivity index (χ3v) is 5.06. The molecule has 1 fully saturated rings. The molecule has 0 unspecified atom stereocenters. The molecule has 0 radical (unpaired) electrons. The number of likely N-dealkylation sites (tertiary alicyclic amines) is 1. The van der Waals surface area contributed by atoms with Gasteiger partial charge in [-0.15, -0.1) is 0 Å². The quantitative estimate of drug-likeness (QED) is 0.690. The molecule has 0 bridgehead atoms. The van der Waals surface area contributed by atoms with Crippen LogP contribution in [0.5, 0.6) is 5.75 Å². The second-order valence-corrected chi connectivity index (χ2v) is 6.87. The van der Waals surface area contributed by atoms with E-state index >= 15 is 0 Å². The summed E-state index contributed by atoms with van der Waals surface area (Å²) in [6, 6.07) is 16.2. The molecule has 1 saturated heterocycles. The molecule has 1 amide bonds. The van der Waals surface area contributed by atoms with Crippen LogP contribution in [0.25, 0.3) is 22.1 Å². The molecule has 0 spiro atoms. The largest absolute Gasteiger partial charge is 0.484 e.